The summed E-state index contributed by atoms with van der Waals surface area (Å²) >= 11 is 0. The van der Waals surface area contributed by atoms with Crippen LogP contribution in [0.2, 0.25) is 0 Å². The lowest BCUT2D eigenvalue weighted by atomic mass is 10.2. The van der Waals surface area contributed by atoms with Gasteiger partial charge in [-0.05, 0) is 12.0 Å². The van der Waals surface area contributed by atoms with Gasteiger partial charge in [0, 0.05) is 19.5 Å². The number of hydrogen-bond acceptors (Lipinski definition) is 4. The van der Waals surface area contributed by atoms with Crippen molar-refractivity contribution in [2.45, 2.75) is 19.4 Å². The number of carbonyl (C=O) groups excluding carboxylic acids is 2. The van der Waals surface area contributed by atoms with E-state index in [0.717, 1.165) is 12.7 Å². The molecule has 1 aromatic carbocycles. The number of carboxylic acid groups (broad SMARTS) is 1. The number of hydrogen-bond donors (Lipinski definition) is 1. The number of carbonyl (C=O) groups is 3. The van der Waals surface area contributed by atoms with E-state index < -0.39 is 17.8 Å². The van der Waals surface area contributed by atoms with E-state index in [1.807, 2.05) is 30.3 Å². The van der Waals surface area contributed by atoms with Crippen LogP contribution in [0.3, 0.4) is 0 Å². The van der Waals surface area contributed by atoms with Gasteiger partial charge in [0.15, 0.2) is 0 Å². The molecule has 0 heterocycles. The molecule has 108 valence electrons. The van der Waals surface area contributed by atoms with Gasteiger partial charge in [-0.1, -0.05) is 30.3 Å². The van der Waals surface area contributed by atoms with Crippen molar-refractivity contribution in [3.63, 3.8) is 0 Å². The topological polar surface area (TPSA) is 83.9 Å². The number of rotatable bonds is 6. The summed E-state index contributed by atoms with van der Waals surface area (Å²) in [5, 5.41) is 8.61. The van der Waals surface area contributed by atoms with Gasteiger partial charge in [0.25, 0.3) is 0 Å². The van der Waals surface area contributed by atoms with Gasteiger partial charge >= 0.3 is 17.8 Å². The number of benzene rings is 1. The third-order valence-electron chi connectivity index (χ3n) is 2.68. The van der Waals surface area contributed by atoms with Crippen LogP contribution < -0.4 is 0 Å². The molecule has 6 nitrogen and oxygen atoms in total. The van der Waals surface area contributed by atoms with Gasteiger partial charge in [-0.3, -0.25) is 9.59 Å². The molecule has 0 unspecified atom stereocenters. The Bertz CT molecular complexity index is 472. The highest BCUT2D eigenvalue weighted by molar-refractivity contribution is 6.32. The molecule has 6 heteroatoms. The molecule has 0 saturated carbocycles. The van der Waals surface area contributed by atoms with Crippen LogP contribution >= 0.6 is 0 Å². The summed E-state index contributed by atoms with van der Waals surface area (Å²) < 4.78 is 4.41. The standard InChI is InChI=1S/C14H17NO5/c1-20-14(19)13(18)15(9-5-8-12(16)17)10-11-6-3-2-4-7-11/h2-4,6-7H,5,8-10H2,1H3,(H,16,17). The van der Waals surface area contributed by atoms with Crippen molar-refractivity contribution in [1.82, 2.24) is 4.90 Å². The Balaban J connectivity index is 2.70. The predicted octanol–water partition coefficient (Wildman–Crippen LogP) is 1.05. The molecule has 0 saturated heterocycles. The van der Waals surface area contributed by atoms with Gasteiger partial charge in [0.1, 0.15) is 0 Å². The first-order valence-corrected chi connectivity index (χ1v) is 6.17. The van der Waals surface area contributed by atoms with E-state index in [2.05, 4.69) is 4.74 Å². The number of aliphatic carboxylic acids is 1. The summed E-state index contributed by atoms with van der Waals surface area (Å²) in [4.78, 5) is 35.0. The van der Waals surface area contributed by atoms with Crippen LogP contribution in [0.4, 0.5) is 0 Å². The predicted molar refractivity (Wildman–Crippen MR) is 70.7 cm³/mol. The lowest BCUT2D eigenvalue weighted by molar-refractivity contribution is -0.158. The summed E-state index contributed by atoms with van der Waals surface area (Å²) in [6, 6.07) is 9.16. The fourth-order valence-corrected chi connectivity index (χ4v) is 1.69. The average molecular weight is 279 g/mol. The molecular formula is C14H17NO5. The Kier molecular flexibility index (Phi) is 6.22. The second-order valence-corrected chi connectivity index (χ2v) is 4.20. The Labute approximate surface area is 117 Å². The lowest BCUT2D eigenvalue weighted by Gasteiger charge is -2.21. The van der Waals surface area contributed by atoms with Crippen molar-refractivity contribution >= 4 is 17.8 Å². The van der Waals surface area contributed by atoms with Crippen molar-refractivity contribution in [2.24, 2.45) is 0 Å². The molecule has 0 spiro atoms. The van der Waals surface area contributed by atoms with E-state index in [1.165, 1.54) is 4.90 Å². The van der Waals surface area contributed by atoms with E-state index in [9.17, 15) is 14.4 Å². The van der Waals surface area contributed by atoms with Gasteiger partial charge in [-0.2, -0.15) is 0 Å². The van der Waals surface area contributed by atoms with Crippen LogP contribution in [0.5, 0.6) is 0 Å². The molecular weight excluding hydrogens is 262 g/mol. The fraction of sp³-hybridized carbons (Fsp3) is 0.357. The maximum Gasteiger partial charge on any atom is 0.396 e. The lowest BCUT2D eigenvalue weighted by Crippen LogP contribution is -2.37. The molecule has 0 aliphatic heterocycles. The Morgan fingerprint density at radius 2 is 1.85 bits per heavy atom. The summed E-state index contributed by atoms with van der Waals surface area (Å²) in [6.45, 7) is 0.434. The highest BCUT2D eigenvalue weighted by Gasteiger charge is 2.22. The highest BCUT2D eigenvalue weighted by Crippen LogP contribution is 2.07. The first kappa shape index (κ1) is 15.7. The van der Waals surface area contributed by atoms with E-state index in [0.29, 0.717) is 0 Å². The van der Waals surface area contributed by atoms with Crippen molar-refractivity contribution in [3.05, 3.63) is 35.9 Å². The molecule has 0 aliphatic carbocycles. The van der Waals surface area contributed by atoms with E-state index in [-0.39, 0.29) is 25.9 Å². The summed E-state index contributed by atoms with van der Waals surface area (Å²) in [5.41, 5.74) is 0.861. The molecule has 1 aromatic rings. The number of nitrogens with zero attached hydrogens (tertiary/aromatic N) is 1. The SMILES string of the molecule is COC(=O)C(=O)N(CCCC(=O)O)Cc1ccccc1. The van der Waals surface area contributed by atoms with Gasteiger partial charge in [-0.15, -0.1) is 0 Å². The minimum absolute atomic E-state index is 0.0558. The van der Waals surface area contributed by atoms with Gasteiger partial charge in [-0.25, -0.2) is 4.79 Å². The van der Waals surface area contributed by atoms with Crippen LogP contribution in [0.15, 0.2) is 30.3 Å². The molecule has 1 N–H and O–H groups in total. The molecule has 0 aromatic heterocycles. The summed E-state index contributed by atoms with van der Waals surface area (Å²) in [5.74, 6) is -2.65. The Morgan fingerprint density at radius 3 is 2.40 bits per heavy atom. The zero-order chi connectivity index (χ0) is 15.0. The third-order valence-corrected chi connectivity index (χ3v) is 2.68. The van der Waals surface area contributed by atoms with Crippen molar-refractivity contribution in [2.75, 3.05) is 13.7 Å². The zero-order valence-corrected chi connectivity index (χ0v) is 11.2. The monoisotopic (exact) mass is 279 g/mol. The molecule has 20 heavy (non-hydrogen) atoms. The van der Waals surface area contributed by atoms with Crippen LogP contribution in [-0.4, -0.2) is 41.5 Å². The molecule has 1 rings (SSSR count). The van der Waals surface area contributed by atoms with Crippen molar-refractivity contribution in [1.29, 1.82) is 0 Å². The average Bonchev–Trinajstić information content (AvgIpc) is 2.45. The third kappa shape index (κ3) is 5.09. The van der Waals surface area contributed by atoms with Crippen LogP contribution in [0.1, 0.15) is 18.4 Å². The van der Waals surface area contributed by atoms with Crippen LogP contribution in [0, 0.1) is 0 Å². The maximum absolute atomic E-state index is 11.9. The number of ether oxygens (including phenoxy) is 1. The first-order chi connectivity index (χ1) is 9.54. The van der Waals surface area contributed by atoms with Gasteiger partial charge in [0.05, 0.1) is 7.11 Å². The quantitative estimate of drug-likeness (QED) is 0.621. The smallest absolute Gasteiger partial charge is 0.396 e. The van der Waals surface area contributed by atoms with Gasteiger partial charge < -0.3 is 14.7 Å². The summed E-state index contributed by atoms with van der Waals surface area (Å²) in [7, 11) is 1.14. The van der Waals surface area contributed by atoms with E-state index in [1.54, 1.807) is 0 Å². The molecule has 0 radical (unpaired) electrons. The zero-order valence-electron chi connectivity index (χ0n) is 11.2. The highest BCUT2D eigenvalue weighted by atomic mass is 16.5. The molecule has 0 bridgehead atoms. The van der Waals surface area contributed by atoms with Gasteiger partial charge in [0.2, 0.25) is 0 Å². The molecule has 0 atom stereocenters. The molecule has 1 amide bonds. The largest absolute Gasteiger partial charge is 0.481 e. The first-order valence-electron chi connectivity index (χ1n) is 6.17. The normalized spacial score (nSPS) is 9.85. The summed E-state index contributed by atoms with van der Waals surface area (Å²) in [6.07, 6.45) is 0.227. The van der Waals surface area contributed by atoms with Crippen LogP contribution in [-0.2, 0) is 25.7 Å². The van der Waals surface area contributed by atoms with E-state index >= 15 is 0 Å². The molecule has 0 aliphatic rings. The van der Waals surface area contributed by atoms with Crippen molar-refractivity contribution in [3.8, 4) is 0 Å². The second kappa shape index (κ2) is 7.93. The minimum atomic E-state index is -0.948. The second-order valence-electron chi connectivity index (χ2n) is 4.20. The van der Waals surface area contributed by atoms with E-state index in [4.69, 9.17) is 5.11 Å². The van der Waals surface area contributed by atoms with Crippen molar-refractivity contribution < 1.29 is 24.2 Å². The Morgan fingerprint density at radius 1 is 1.20 bits per heavy atom. The maximum atomic E-state index is 11.9. The minimum Gasteiger partial charge on any atom is -0.481 e. The Hall–Kier alpha value is -2.37. The fourth-order valence-electron chi connectivity index (χ4n) is 1.69. The molecule has 0 fully saturated rings. The number of amides is 1. The number of methoxy groups -OCH3 is 1. The number of esters is 1. The van der Waals surface area contributed by atoms with Crippen LogP contribution in [0.25, 0.3) is 0 Å². The number of carboxylic acids is 1.